The van der Waals surface area contributed by atoms with E-state index in [9.17, 15) is 0 Å². The Bertz CT molecular complexity index is 308. The topological polar surface area (TPSA) is 52.6 Å². The maximum Gasteiger partial charge on any atom is 0.217 e. The zero-order valence-corrected chi connectivity index (χ0v) is 10.4. The van der Waals surface area contributed by atoms with E-state index in [1.165, 1.54) is 0 Å². The first-order valence-corrected chi connectivity index (χ1v) is 5.63. The summed E-state index contributed by atoms with van der Waals surface area (Å²) in [6.07, 6.45) is 1.72. The van der Waals surface area contributed by atoms with E-state index in [-0.39, 0.29) is 0 Å². The van der Waals surface area contributed by atoms with E-state index in [0.717, 1.165) is 18.7 Å². The molecule has 0 amide bonds. The highest BCUT2D eigenvalue weighted by molar-refractivity contribution is 5.24. The summed E-state index contributed by atoms with van der Waals surface area (Å²) in [6.45, 7) is 3.46. The molecule has 0 aliphatic carbocycles. The molecule has 0 saturated heterocycles. The molecule has 1 aromatic rings. The van der Waals surface area contributed by atoms with Gasteiger partial charge in [-0.25, -0.2) is 4.98 Å². The van der Waals surface area contributed by atoms with Crippen LogP contribution in [0.4, 0.5) is 0 Å². The predicted molar refractivity (Wildman–Crippen MR) is 65.2 cm³/mol. The summed E-state index contributed by atoms with van der Waals surface area (Å²) in [5, 5.41) is 3.27. The average Bonchev–Trinajstić information content (AvgIpc) is 2.38. The van der Waals surface area contributed by atoms with Crippen LogP contribution in [0.5, 0.6) is 5.88 Å². The van der Waals surface area contributed by atoms with E-state index in [2.05, 4.69) is 10.3 Å². The van der Waals surface area contributed by atoms with Gasteiger partial charge in [-0.05, 0) is 6.07 Å². The number of rotatable bonds is 9. The summed E-state index contributed by atoms with van der Waals surface area (Å²) in [5.41, 5.74) is 1.05. The molecule has 96 valence electrons. The number of nitrogens with one attached hydrogen (secondary N) is 1. The average molecular weight is 240 g/mol. The number of methoxy groups -OCH3 is 2. The lowest BCUT2D eigenvalue weighted by molar-refractivity contribution is 0.0719. The molecule has 0 saturated carbocycles. The van der Waals surface area contributed by atoms with Crippen molar-refractivity contribution in [1.82, 2.24) is 10.3 Å². The van der Waals surface area contributed by atoms with E-state index in [1.807, 2.05) is 12.1 Å². The molecular weight excluding hydrogens is 220 g/mol. The van der Waals surface area contributed by atoms with Gasteiger partial charge in [-0.3, -0.25) is 0 Å². The third-order valence-electron chi connectivity index (χ3n) is 2.21. The molecule has 0 atom stereocenters. The first-order chi connectivity index (χ1) is 8.38. The Hall–Kier alpha value is -1.17. The lowest BCUT2D eigenvalue weighted by atomic mass is 10.2. The Balaban J connectivity index is 2.13. The van der Waals surface area contributed by atoms with Gasteiger partial charge in [-0.1, -0.05) is 6.07 Å². The second-order valence-electron chi connectivity index (χ2n) is 3.45. The van der Waals surface area contributed by atoms with Gasteiger partial charge >= 0.3 is 0 Å². The molecule has 0 aromatic carbocycles. The first-order valence-electron chi connectivity index (χ1n) is 5.63. The zero-order valence-electron chi connectivity index (χ0n) is 10.4. The molecule has 0 unspecified atom stereocenters. The molecule has 0 radical (unpaired) electrons. The highest BCUT2D eigenvalue weighted by Crippen LogP contribution is 2.12. The highest BCUT2D eigenvalue weighted by Gasteiger charge is 2.01. The molecule has 0 spiro atoms. The van der Waals surface area contributed by atoms with Crippen LogP contribution in [0.15, 0.2) is 18.3 Å². The van der Waals surface area contributed by atoms with Crippen molar-refractivity contribution in [3.05, 3.63) is 23.9 Å². The Kier molecular flexibility index (Phi) is 7.29. The van der Waals surface area contributed by atoms with Gasteiger partial charge in [0.15, 0.2) is 0 Å². The predicted octanol–water partition coefficient (Wildman–Crippen LogP) is 0.843. The van der Waals surface area contributed by atoms with Gasteiger partial charge in [0, 0.05) is 32.0 Å². The van der Waals surface area contributed by atoms with Crippen LogP contribution in [0.25, 0.3) is 0 Å². The molecule has 1 aromatic heterocycles. The van der Waals surface area contributed by atoms with Crippen LogP contribution < -0.4 is 10.1 Å². The number of hydrogen-bond acceptors (Lipinski definition) is 5. The summed E-state index contributed by atoms with van der Waals surface area (Å²) >= 11 is 0. The Morgan fingerprint density at radius 1 is 1.24 bits per heavy atom. The molecule has 1 heterocycles. The summed E-state index contributed by atoms with van der Waals surface area (Å²) in [5.74, 6) is 0.667. The van der Waals surface area contributed by atoms with Gasteiger partial charge in [0.2, 0.25) is 5.88 Å². The van der Waals surface area contributed by atoms with Crippen LogP contribution in [0, 0.1) is 0 Å². The van der Waals surface area contributed by atoms with E-state index in [0.29, 0.717) is 25.7 Å². The van der Waals surface area contributed by atoms with E-state index in [1.54, 1.807) is 20.4 Å². The molecule has 1 rings (SSSR count). The highest BCUT2D eigenvalue weighted by atomic mass is 16.5. The number of hydrogen-bond donors (Lipinski definition) is 1. The minimum atomic E-state index is 0.633. The molecule has 17 heavy (non-hydrogen) atoms. The normalized spacial score (nSPS) is 10.5. The van der Waals surface area contributed by atoms with E-state index < -0.39 is 0 Å². The SMILES string of the molecule is COCCOCCNCc1cccnc1OC. The number of pyridine rings is 1. The third kappa shape index (κ3) is 5.63. The molecule has 5 nitrogen and oxygen atoms in total. The van der Waals surface area contributed by atoms with E-state index >= 15 is 0 Å². The van der Waals surface area contributed by atoms with Crippen molar-refractivity contribution < 1.29 is 14.2 Å². The standard InChI is InChI=1S/C12H20N2O3/c1-15-8-9-17-7-6-13-10-11-4-3-5-14-12(11)16-2/h3-5,13H,6-10H2,1-2H3. The largest absolute Gasteiger partial charge is 0.481 e. The summed E-state index contributed by atoms with van der Waals surface area (Å²) in [7, 11) is 3.29. The molecule has 0 bridgehead atoms. The van der Waals surface area contributed by atoms with Crippen LogP contribution in [-0.2, 0) is 16.0 Å². The molecule has 0 fully saturated rings. The van der Waals surface area contributed by atoms with Crippen LogP contribution in [-0.4, -0.2) is 45.6 Å². The van der Waals surface area contributed by atoms with Crippen LogP contribution in [0.1, 0.15) is 5.56 Å². The molecule has 0 aliphatic heterocycles. The summed E-state index contributed by atoms with van der Waals surface area (Å²) < 4.78 is 15.4. The van der Waals surface area contributed by atoms with Crippen molar-refractivity contribution in [2.24, 2.45) is 0 Å². The lowest BCUT2D eigenvalue weighted by Crippen LogP contribution is -2.20. The Morgan fingerprint density at radius 3 is 2.88 bits per heavy atom. The maximum atomic E-state index is 5.33. The van der Waals surface area contributed by atoms with E-state index in [4.69, 9.17) is 14.2 Å². The molecule has 1 N–H and O–H groups in total. The van der Waals surface area contributed by atoms with Crippen LogP contribution >= 0.6 is 0 Å². The van der Waals surface area contributed by atoms with Crippen molar-refractivity contribution in [3.63, 3.8) is 0 Å². The van der Waals surface area contributed by atoms with Crippen molar-refractivity contribution in [1.29, 1.82) is 0 Å². The fraction of sp³-hybridized carbons (Fsp3) is 0.583. The van der Waals surface area contributed by atoms with Gasteiger partial charge in [0.1, 0.15) is 0 Å². The van der Waals surface area contributed by atoms with Crippen molar-refractivity contribution in [3.8, 4) is 5.88 Å². The third-order valence-corrected chi connectivity index (χ3v) is 2.21. The summed E-state index contributed by atoms with van der Waals surface area (Å²) in [6, 6.07) is 3.89. The lowest BCUT2D eigenvalue weighted by Gasteiger charge is -2.08. The smallest absolute Gasteiger partial charge is 0.217 e. The number of aromatic nitrogens is 1. The first kappa shape index (κ1) is 13.9. The van der Waals surface area contributed by atoms with Crippen molar-refractivity contribution >= 4 is 0 Å². The minimum Gasteiger partial charge on any atom is -0.481 e. The van der Waals surface area contributed by atoms with Crippen molar-refractivity contribution in [2.75, 3.05) is 40.6 Å². The zero-order chi connectivity index (χ0) is 12.3. The fourth-order valence-corrected chi connectivity index (χ4v) is 1.35. The maximum absolute atomic E-state index is 5.33. The van der Waals surface area contributed by atoms with Gasteiger partial charge in [-0.15, -0.1) is 0 Å². The molecule has 0 aliphatic rings. The Morgan fingerprint density at radius 2 is 2.12 bits per heavy atom. The minimum absolute atomic E-state index is 0.633. The van der Waals surface area contributed by atoms with Crippen molar-refractivity contribution in [2.45, 2.75) is 6.54 Å². The quantitative estimate of drug-likeness (QED) is 0.648. The van der Waals surface area contributed by atoms with Gasteiger partial charge < -0.3 is 19.5 Å². The van der Waals surface area contributed by atoms with Crippen LogP contribution in [0.2, 0.25) is 0 Å². The number of nitrogens with zero attached hydrogens (tertiary/aromatic N) is 1. The number of ether oxygens (including phenoxy) is 3. The second-order valence-corrected chi connectivity index (χ2v) is 3.45. The summed E-state index contributed by atoms with van der Waals surface area (Å²) in [4.78, 5) is 4.13. The van der Waals surface area contributed by atoms with Crippen LogP contribution in [0.3, 0.4) is 0 Å². The van der Waals surface area contributed by atoms with Gasteiger partial charge in [-0.2, -0.15) is 0 Å². The second kappa shape index (κ2) is 8.92. The van der Waals surface area contributed by atoms with Gasteiger partial charge in [0.25, 0.3) is 0 Å². The Labute approximate surface area is 102 Å². The monoisotopic (exact) mass is 240 g/mol. The molecule has 5 heteroatoms. The molecular formula is C12H20N2O3. The van der Waals surface area contributed by atoms with Gasteiger partial charge in [0.05, 0.1) is 26.9 Å². The fourth-order valence-electron chi connectivity index (χ4n) is 1.35.